The third kappa shape index (κ3) is 25.2. The SMILES string of the molecule is C=C(C/C=C(\C)CCC=C(C)C)CCC(C)(C)/C=C/CC/C(C)=C/CO[C@H](COP(=O)(O)O[C@@H]1O[C@H](C(N)=O)[C@@](C)(O)[C@H](OC(N)=O)[C@H]1O[C@@H]1O[C@H](CO[C@@H]2O[C@H](CO)[C@@H](O)[C@H](O)[C@H]2O)[C@@H](O[C@@H]2O[C@H](C)[C@@H](O[C@@H]3O[C@H](C(N)=O)[C@H](O)C[C@H]3O)[C@H](O)[C@H]2NC(C)=O)[C@H](O)[C@H]1NC(C)=O)C(=O)O. The maximum atomic E-state index is 14.0. The van der Waals surface area contributed by atoms with Gasteiger partial charge in [-0.05, 0) is 91.9 Å². The molecule has 0 aromatic heterocycles. The van der Waals surface area contributed by atoms with Gasteiger partial charge in [-0.3, -0.25) is 28.2 Å². The van der Waals surface area contributed by atoms with Crippen molar-refractivity contribution in [2.75, 3.05) is 26.4 Å². The first-order valence-corrected chi connectivity index (χ1v) is 34.4. The van der Waals surface area contributed by atoms with Gasteiger partial charge in [0.1, 0.15) is 78.7 Å². The molecule has 5 heterocycles. The number of aliphatic hydroxyl groups is 9. The zero-order valence-electron chi connectivity index (χ0n) is 58.2. The Balaban J connectivity index is 1.41. The maximum absolute atomic E-state index is 14.0. The molecule has 26 atom stereocenters. The number of primary amides is 3. The Hall–Kier alpha value is -5.33. The molecule has 101 heavy (non-hydrogen) atoms. The molecule has 0 saturated carbocycles. The first kappa shape index (κ1) is 86.3. The number of phosphoric acid groups is 1. The summed E-state index contributed by atoms with van der Waals surface area (Å²) in [6.07, 6.45) is -29.9. The lowest BCUT2D eigenvalue weighted by Gasteiger charge is -2.51. The summed E-state index contributed by atoms with van der Waals surface area (Å²) in [5.74, 6) is -6.16. The minimum atomic E-state index is -5.81. The third-order valence-electron chi connectivity index (χ3n) is 17.4. The summed E-state index contributed by atoms with van der Waals surface area (Å²) < 4.78 is 88.6. The van der Waals surface area contributed by atoms with Crippen molar-refractivity contribution in [1.82, 2.24) is 10.6 Å². The van der Waals surface area contributed by atoms with E-state index in [4.69, 9.17) is 78.4 Å². The van der Waals surface area contributed by atoms with E-state index in [9.17, 15) is 89.3 Å². The van der Waals surface area contributed by atoms with Crippen LogP contribution in [-0.4, -0.2) is 271 Å². The number of nitrogens with one attached hydrogen (secondary N) is 2. The number of carboxylic acids is 1. The summed E-state index contributed by atoms with van der Waals surface area (Å²) in [7, 11) is -5.81. The van der Waals surface area contributed by atoms with Gasteiger partial charge in [0, 0.05) is 20.3 Å². The second kappa shape index (κ2) is 38.6. The number of hydrogen-bond acceptors (Lipinski definition) is 29. The van der Waals surface area contributed by atoms with Crippen molar-refractivity contribution in [3.63, 3.8) is 0 Å². The van der Waals surface area contributed by atoms with Gasteiger partial charge in [-0.2, -0.15) is 0 Å². The van der Waals surface area contributed by atoms with E-state index in [2.05, 4.69) is 70.1 Å². The number of phosphoric ester groups is 1. The Bertz CT molecular complexity index is 2970. The van der Waals surface area contributed by atoms with E-state index in [1.807, 2.05) is 6.08 Å². The molecule has 5 saturated heterocycles. The van der Waals surface area contributed by atoms with Crippen LogP contribution in [0.3, 0.4) is 0 Å². The van der Waals surface area contributed by atoms with Crippen LogP contribution in [0.2, 0.25) is 0 Å². The zero-order valence-corrected chi connectivity index (χ0v) is 59.1. The van der Waals surface area contributed by atoms with Gasteiger partial charge in [0.2, 0.25) is 23.6 Å². The lowest BCUT2D eigenvalue weighted by molar-refractivity contribution is -0.374. The van der Waals surface area contributed by atoms with Gasteiger partial charge in [-0.15, -0.1) is 0 Å². The van der Waals surface area contributed by atoms with Crippen LogP contribution in [0.1, 0.15) is 121 Å². The summed E-state index contributed by atoms with van der Waals surface area (Å²) in [5.41, 5.74) is 18.0. The molecule has 576 valence electrons. The van der Waals surface area contributed by atoms with Gasteiger partial charge in [0.15, 0.2) is 62.0 Å². The van der Waals surface area contributed by atoms with Crippen molar-refractivity contribution in [3.8, 4) is 0 Å². The predicted molar refractivity (Wildman–Crippen MR) is 348 cm³/mol. The molecule has 5 aliphatic rings. The normalized spacial score (nSPS) is 35.9. The zero-order chi connectivity index (χ0) is 75.8. The van der Waals surface area contributed by atoms with E-state index in [1.54, 1.807) is 13.0 Å². The van der Waals surface area contributed by atoms with E-state index >= 15 is 0 Å². The van der Waals surface area contributed by atoms with Crippen molar-refractivity contribution < 1.29 is 150 Å². The number of hydrogen-bond donors (Lipinski definition) is 16. The molecular formula is C64H104N5O31P. The number of aliphatic carboxylic acids is 1. The average molecular weight is 1470 g/mol. The lowest BCUT2D eigenvalue weighted by Crippen LogP contribution is -2.72. The molecule has 0 aromatic rings. The Morgan fingerprint density at radius 2 is 1.29 bits per heavy atom. The van der Waals surface area contributed by atoms with E-state index in [1.165, 1.54) is 18.1 Å². The summed E-state index contributed by atoms with van der Waals surface area (Å²) in [6, 6.07) is -3.81. The van der Waals surface area contributed by atoms with E-state index in [-0.39, 0.29) is 12.0 Å². The first-order chi connectivity index (χ1) is 47.1. The van der Waals surface area contributed by atoms with Crippen molar-refractivity contribution >= 4 is 43.5 Å². The topological polar surface area (TPSA) is 564 Å². The molecule has 5 amide bonds. The predicted octanol–water partition coefficient (Wildman–Crippen LogP) is -1.76. The maximum Gasteiger partial charge on any atom is 0.474 e. The van der Waals surface area contributed by atoms with Gasteiger partial charge < -0.3 is 136 Å². The lowest BCUT2D eigenvalue weighted by atomic mass is 9.85. The third-order valence-corrected chi connectivity index (χ3v) is 18.3. The molecule has 37 heteroatoms. The summed E-state index contributed by atoms with van der Waals surface area (Å²) in [6.45, 7) is 17.1. The molecule has 0 aromatic carbocycles. The number of nitrogens with two attached hydrogens (primary N) is 3. The van der Waals surface area contributed by atoms with Crippen molar-refractivity contribution in [2.24, 2.45) is 22.6 Å². The molecule has 5 fully saturated rings. The fraction of sp³-hybridized carbons (Fsp3) is 0.750. The van der Waals surface area contributed by atoms with Crippen LogP contribution in [-0.2, 0) is 89.7 Å². The van der Waals surface area contributed by atoms with Gasteiger partial charge in [-0.1, -0.05) is 73.1 Å². The smallest absolute Gasteiger partial charge is 0.474 e. The van der Waals surface area contributed by atoms with E-state index < -0.39 is 223 Å². The minimum Gasteiger partial charge on any atom is -0.479 e. The Morgan fingerprint density at radius 3 is 1.87 bits per heavy atom. The number of allylic oxidation sites excluding steroid dienone is 8. The monoisotopic (exact) mass is 1470 g/mol. The van der Waals surface area contributed by atoms with Crippen LogP contribution in [0.5, 0.6) is 0 Å². The quantitative estimate of drug-likeness (QED) is 0.0244. The van der Waals surface area contributed by atoms with Crippen LogP contribution in [0.25, 0.3) is 0 Å². The van der Waals surface area contributed by atoms with E-state index in [0.717, 1.165) is 64.0 Å². The summed E-state index contributed by atoms with van der Waals surface area (Å²) in [5, 5.41) is 115. The summed E-state index contributed by atoms with van der Waals surface area (Å²) >= 11 is 0. The Kier molecular flexibility index (Phi) is 33.0. The van der Waals surface area contributed by atoms with Crippen LogP contribution in [0, 0.1) is 5.41 Å². The standard InChI is InChI=1S/C64H104N5O31P/c1-29(2)15-14-17-30(3)18-19-32(5)20-23-63(9,10)22-13-12-16-31(4)21-24-88-40(56(82)83)28-90-101(86,87)100-61-51(52(99-62(67)84)64(11,85)53(98-61)55(66)81)97-59-42(69-35(8)72)45(77)50(39(93-59)27-89-60-47(79)46(78)43(75)38(26-70)92-60)96-58-41(68-34(7)71)44(76)48(33(6)91-58)94-57-37(74)25-36(73)49(95-57)54(65)80/h13,15,18,21-22,33,36-53,57-61,70,73-79,85H,5,12,14,16-17,19-20,23-28H2,1-4,6-11H3,(H2,65,80)(H2,66,81)(H2,67,84)(H,68,71)(H,69,72)(H,82,83)(H,86,87)/b22-13+,30-18+,31-21+/t33-,36-,37-,38-,39-,40-,41-,42-,43-,44-,45-,46+,47-,48-,49+,50-,51-,52-,53-,57-,58+,59+,60-,61+,64+/m1/s1. The van der Waals surface area contributed by atoms with Crippen LogP contribution in [0.15, 0.2) is 59.3 Å². The number of ether oxygens (including phenoxy) is 11. The second-order valence-electron chi connectivity index (χ2n) is 26.9. The summed E-state index contributed by atoms with van der Waals surface area (Å²) in [4.78, 5) is 87.7. The molecule has 5 rings (SSSR count). The number of aliphatic hydroxyl groups excluding tert-OH is 8. The molecule has 36 nitrogen and oxygen atoms in total. The Labute approximate surface area is 584 Å². The van der Waals surface area contributed by atoms with Crippen molar-refractivity contribution in [3.05, 3.63) is 59.3 Å². The number of carbonyl (C=O) groups is 6. The van der Waals surface area contributed by atoms with Crippen LogP contribution < -0.4 is 27.8 Å². The highest BCUT2D eigenvalue weighted by molar-refractivity contribution is 7.47. The number of carboxylic acid groups (broad SMARTS) is 1. The molecule has 0 radical (unpaired) electrons. The highest BCUT2D eigenvalue weighted by Crippen LogP contribution is 2.49. The van der Waals surface area contributed by atoms with Gasteiger partial charge >= 0.3 is 19.9 Å². The minimum absolute atomic E-state index is 0.133. The fourth-order valence-electron chi connectivity index (χ4n) is 11.7. The van der Waals surface area contributed by atoms with Crippen molar-refractivity contribution in [2.45, 2.75) is 274 Å². The van der Waals surface area contributed by atoms with Gasteiger partial charge in [0.25, 0.3) is 0 Å². The molecule has 0 bridgehead atoms. The molecule has 5 aliphatic heterocycles. The fourth-order valence-corrected chi connectivity index (χ4v) is 12.5. The van der Waals surface area contributed by atoms with Crippen molar-refractivity contribution in [1.29, 1.82) is 0 Å². The second-order valence-corrected chi connectivity index (χ2v) is 28.3. The number of amides is 5. The molecule has 0 spiro atoms. The molecule has 1 unspecified atom stereocenters. The number of rotatable bonds is 36. The van der Waals surface area contributed by atoms with Crippen LogP contribution in [0.4, 0.5) is 4.79 Å². The highest BCUT2D eigenvalue weighted by atomic mass is 31.2. The Morgan fingerprint density at radius 1 is 0.703 bits per heavy atom. The first-order valence-electron chi connectivity index (χ1n) is 32.9. The van der Waals surface area contributed by atoms with E-state index in [0.29, 0.717) is 12.8 Å². The molecular weight excluding hydrogens is 1370 g/mol. The van der Waals surface area contributed by atoms with Gasteiger partial charge in [0.05, 0.1) is 38.6 Å². The largest absolute Gasteiger partial charge is 0.479 e. The average Bonchev–Trinajstić information content (AvgIpc) is 0.750. The number of carbonyl (C=O) groups excluding carboxylic acids is 5. The van der Waals surface area contributed by atoms with Crippen LogP contribution >= 0.6 is 7.82 Å². The highest BCUT2D eigenvalue weighted by Gasteiger charge is 2.62. The van der Waals surface area contributed by atoms with Gasteiger partial charge in [-0.25, -0.2) is 14.2 Å². The molecule has 0 aliphatic carbocycles. The molecule has 19 N–H and O–H groups in total.